The zero-order valence-corrected chi connectivity index (χ0v) is 18.1. The van der Waals surface area contributed by atoms with Gasteiger partial charge < -0.3 is 15.1 Å². The molecule has 164 valence electrons. The Morgan fingerprint density at radius 3 is 2.58 bits per heavy atom. The number of aromatic nitrogens is 2. The van der Waals surface area contributed by atoms with E-state index in [0.29, 0.717) is 37.3 Å². The highest BCUT2D eigenvalue weighted by molar-refractivity contribution is 5.99. The number of H-pyrrole nitrogens is 1. The molecule has 3 heterocycles. The minimum Gasteiger partial charge on any atom is -0.345 e. The largest absolute Gasteiger partial charge is 0.345 e. The van der Waals surface area contributed by atoms with Crippen molar-refractivity contribution in [2.24, 2.45) is 0 Å². The quantitative estimate of drug-likeness (QED) is 0.746. The molecular formula is C23H29N5O3. The summed E-state index contributed by atoms with van der Waals surface area (Å²) in [6.45, 7) is 6.52. The molecule has 1 aromatic carbocycles. The van der Waals surface area contributed by atoms with E-state index in [4.69, 9.17) is 0 Å². The molecule has 0 spiro atoms. The summed E-state index contributed by atoms with van der Waals surface area (Å²) < 4.78 is 0. The molecule has 2 N–H and O–H groups in total. The number of carbonyl (C=O) groups is 3. The lowest BCUT2D eigenvalue weighted by Gasteiger charge is -2.32. The van der Waals surface area contributed by atoms with Crippen LogP contribution < -0.4 is 5.32 Å². The third-order valence-corrected chi connectivity index (χ3v) is 6.47. The van der Waals surface area contributed by atoms with Crippen molar-refractivity contribution in [3.8, 4) is 0 Å². The van der Waals surface area contributed by atoms with Crippen molar-refractivity contribution in [1.82, 2.24) is 25.3 Å². The minimum atomic E-state index is -0.264. The first kappa shape index (κ1) is 21.1. The van der Waals surface area contributed by atoms with Gasteiger partial charge >= 0.3 is 0 Å². The van der Waals surface area contributed by atoms with E-state index in [-0.39, 0.29) is 36.1 Å². The van der Waals surface area contributed by atoms with Crippen molar-refractivity contribution in [1.29, 1.82) is 0 Å². The molecule has 31 heavy (non-hydrogen) atoms. The van der Waals surface area contributed by atoms with Crippen molar-refractivity contribution in [3.05, 3.63) is 52.8 Å². The molecule has 8 heteroatoms. The second-order valence-corrected chi connectivity index (χ2v) is 8.15. The first-order chi connectivity index (χ1) is 15.0. The highest BCUT2D eigenvalue weighted by Crippen LogP contribution is 2.32. The molecule has 2 aromatic rings. The van der Waals surface area contributed by atoms with Crippen LogP contribution in [-0.2, 0) is 4.79 Å². The molecule has 1 aromatic heterocycles. The fourth-order valence-electron chi connectivity index (χ4n) is 4.66. The van der Waals surface area contributed by atoms with Gasteiger partial charge in [-0.2, -0.15) is 5.10 Å². The topological polar surface area (TPSA) is 98.4 Å². The Bertz CT molecular complexity index is 973. The number of hydrogen-bond donors (Lipinski definition) is 2. The van der Waals surface area contributed by atoms with Crippen LogP contribution in [0.4, 0.5) is 0 Å². The van der Waals surface area contributed by atoms with Gasteiger partial charge in [0.15, 0.2) is 0 Å². The normalized spacial score (nSPS) is 18.6. The SMILES string of the molecule is CCN(CC)C(=O)c1cn[nH]c1C1CCN(C(=O)C[C@@H]2NC(=O)c3ccccc32)CC1. The van der Waals surface area contributed by atoms with Crippen molar-refractivity contribution < 1.29 is 14.4 Å². The van der Waals surface area contributed by atoms with Crippen molar-refractivity contribution in [3.63, 3.8) is 0 Å². The smallest absolute Gasteiger partial charge is 0.257 e. The molecule has 1 atom stereocenters. The summed E-state index contributed by atoms with van der Waals surface area (Å²) in [4.78, 5) is 41.5. The molecular weight excluding hydrogens is 394 g/mol. The number of hydrogen-bond acceptors (Lipinski definition) is 4. The Hall–Kier alpha value is -3.16. The van der Waals surface area contributed by atoms with E-state index in [1.807, 2.05) is 36.9 Å². The summed E-state index contributed by atoms with van der Waals surface area (Å²) in [7, 11) is 0. The molecule has 0 saturated carbocycles. The fourth-order valence-corrected chi connectivity index (χ4v) is 4.66. The monoisotopic (exact) mass is 423 g/mol. The molecule has 2 aliphatic rings. The number of rotatable bonds is 6. The fraction of sp³-hybridized carbons (Fsp3) is 0.478. The summed E-state index contributed by atoms with van der Waals surface area (Å²) in [5.74, 6) is 0.108. The second kappa shape index (κ2) is 8.91. The Kier molecular flexibility index (Phi) is 6.06. The molecule has 3 amide bonds. The second-order valence-electron chi connectivity index (χ2n) is 8.15. The summed E-state index contributed by atoms with van der Waals surface area (Å²) in [5.41, 5.74) is 3.07. The lowest BCUT2D eigenvalue weighted by Crippen LogP contribution is -2.40. The summed E-state index contributed by atoms with van der Waals surface area (Å²) >= 11 is 0. The zero-order chi connectivity index (χ0) is 22.0. The van der Waals surface area contributed by atoms with Gasteiger partial charge in [0.2, 0.25) is 5.91 Å². The Labute approximate surface area is 182 Å². The maximum absolute atomic E-state index is 12.9. The van der Waals surface area contributed by atoms with Gasteiger partial charge in [0.25, 0.3) is 11.8 Å². The van der Waals surface area contributed by atoms with Crippen LogP contribution in [-0.4, -0.2) is 63.9 Å². The van der Waals surface area contributed by atoms with E-state index in [0.717, 1.165) is 24.1 Å². The van der Waals surface area contributed by atoms with Gasteiger partial charge in [0, 0.05) is 37.7 Å². The van der Waals surface area contributed by atoms with E-state index in [9.17, 15) is 14.4 Å². The van der Waals surface area contributed by atoms with E-state index >= 15 is 0 Å². The minimum absolute atomic E-state index is 0.00268. The lowest BCUT2D eigenvalue weighted by molar-refractivity contribution is -0.132. The maximum atomic E-state index is 12.9. The van der Waals surface area contributed by atoms with E-state index in [2.05, 4.69) is 15.5 Å². The number of carbonyl (C=O) groups excluding carboxylic acids is 3. The molecule has 1 saturated heterocycles. The molecule has 2 aliphatic heterocycles. The number of nitrogens with zero attached hydrogens (tertiary/aromatic N) is 3. The molecule has 8 nitrogen and oxygen atoms in total. The van der Waals surface area contributed by atoms with Crippen LogP contribution in [0.1, 0.15) is 77.0 Å². The average molecular weight is 424 g/mol. The van der Waals surface area contributed by atoms with Gasteiger partial charge in [-0.15, -0.1) is 0 Å². The highest BCUT2D eigenvalue weighted by Gasteiger charge is 2.33. The van der Waals surface area contributed by atoms with Crippen LogP contribution in [0.15, 0.2) is 30.5 Å². The molecule has 4 rings (SSSR count). The first-order valence-electron chi connectivity index (χ1n) is 11.0. The van der Waals surface area contributed by atoms with Crippen molar-refractivity contribution in [2.45, 2.75) is 45.1 Å². The van der Waals surface area contributed by atoms with Gasteiger partial charge in [0.05, 0.1) is 29.9 Å². The zero-order valence-electron chi connectivity index (χ0n) is 18.1. The predicted octanol–water partition coefficient (Wildman–Crippen LogP) is 2.47. The Morgan fingerprint density at radius 1 is 1.16 bits per heavy atom. The maximum Gasteiger partial charge on any atom is 0.257 e. The van der Waals surface area contributed by atoms with Gasteiger partial charge in [-0.25, -0.2) is 0 Å². The number of likely N-dealkylation sites (tertiary alicyclic amines) is 1. The van der Waals surface area contributed by atoms with Gasteiger partial charge in [-0.05, 0) is 38.3 Å². The van der Waals surface area contributed by atoms with Gasteiger partial charge in [-0.1, -0.05) is 18.2 Å². The number of piperidine rings is 1. The van der Waals surface area contributed by atoms with Crippen LogP contribution in [0, 0.1) is 0 Å². The third-order valence-electron chi connectivity index (χ3n) is 6.47. The number of fused-ring (bicyclic) bond motifs is 1. The number of amides is 3. The van der Waals surface area contributed by atoms with Gasteiger partial charge in [0.1, 0.15) is 0 Å². The van der Waals surface area contributed by atoms with Crippen molar-refractivity contribution in [2.75, 3.05) is 26.2 Å². The van der Waals surface area contributed by atoms with E-state index in [1.165, 1.54) is 0 Å². The number of nitrogens with one attached hydrogen (secondary N) is 2. The molecule has 0 bridgehead atoms. The van der Waals surface area contributed by atoms with Crippen LogP contribution in [0.3, 0.4) is 0 Å². The lowest BCUT2D eigenvalue weighted by atomic mass is 9.90. The molecule has 0 aliphatic carbocycles. The summed E-state index contributed by atoms with van der Waals surface area (Å²) in [6, 6.07) is 7.16. The number of benzene rings is 1. The molecule has 0 radical (unpaired) electrons. The highest BCUT2D eigenvalue weighted by atomic mass is 16.2. The van der Waals surface area contributed by atoms with Gasteiger partial charge in [-0.3, -0.25) is 19.5 Å². The molecule has 1 fully saturated rings. The summed E-state index contributed by atoms with van der Waals surface area (Å²) in [6.07, 6.45) is 3.44. The van der Waals surface area contributed by atoms with E-state index in [1.54, 1.807) is 17.2 Å². The Balaban J connectivity index is 1.37. The first-order valence-corrected chi connectivity index (χ1v) is 11.0. The van der Waals surface area contributed by atoms with Crippen LogP contribution in [0.2, 0.25) is 0 Å². The third kappa shape index (κ3) is 4.06. The molecule has 0 unspecified atom stereocenters. The number of aromatic amines is 1. The summed E-state index contributed by atoms with van der Waals surface area (Å²) in [5, 5.41) is 10.1. The van der Waals surface area contributed by atoms with E-state index < -0.39 is 0 Å². The van der Waals surface area contributed by atoms with Crippen LogP contribution >= 0.6 is 0 Å². The van der Waals surface area contributed by atoms with Crippen LogP contribution in [0.5, 0.6) is 0 Å². The standard InChI is InChI=1S/C23H29N5O3/c1-3-27(4-2)23(31)18-14-24-26-21(18)15-9-11-28(12-10-15)20(29)13-19-16-7-5-6-8-17(16)22(30)25-19/h5-8,14-15,19H,3-4,9-13H2,1-2H3,(H,24,26)(H,25,30)/t19-/m0/s1. The average Bonchev–Trinajstić information content (AvgIpc) is 3.40. The van der Waals surface area contributed by atoms with Crippen LogP contribution in [0.25, 0.3) is 0 Å². The van der Waals surface area contributed by atoms with Crippen molar-refractivity contribution >= 4 is 17.7 Å². The predicted molar refractivity (Wildman–Crippen MR) is 116 cm³/mol. The Morgan fingerprint density at radius 2 is 1.87 bits per heavy atom.